The van der Waals surface area contributed by atoms with Crippen LogP contribution in [0, 0.1) is 0 Å². The molecule has 6 nitrogen and oxygen atoms in total. The fraction of sp³-hybridized carbons (Fsp3) is 0.400. The molecule has 164 valence electrons. The van der Waals surface area contributed by atoms with Gasteiger partial charge >= 0.3 is 34.2 Å². The lowest BCUT2D eigenvalue weighted by Crippen LogP contribution is -2.67. The van der Waals surface area contributed by atoms with Crippen LogP contribution in [0.5, 0.6) is 11.5 Å². The van der Waals surface area contributed by atoms with Gasteiger partial charge in [0.1, 0.15) is 11.5 Å². The highest BCUT2D eigenvalue weighted by atomic mass is 28.5. The maximum Gasteiger partial charge on any atom is 0.322 e. The van der Waals surface area contributed by atoms with E-state index in [0.717, 1.165) is 11.1 Å². The second-order valence-electron chi connectivity index (χ2n) is 9.09. The van der Waals surface area contributed by atoms with E-state index in [1.165, 1.54) is 0 Å². The van der Waals surface area contributed by atoms with Crippen molar-refractivity contribution in [3.63, 3.8) is 0 Å². The molecule has 1 aliphatic heterocycles. The van der Waals surface area contributed by atoms with E-state index in [-0.39, 0.29) is 11.5 Å². The molecule has 0 saturated carbocycles. The highest BCUT2D eigenvalue weighted by molar-refractivity contribution is 6.93. The molecule has 1 fully saturated rings. The van der Waals surface area contributed by atoms with Gasteiger partial charge in [-0.1, -0.05) is 36.4 Å². The Morgan fingerprint density at radius 1 is 0.567 bits per heavy atom. The molecule has 0 aromatic heterocycles. The molecule has 1 heterocycles. The van der Waals surface area contributed by atoms with Crippen molar-refractivity contribution in [3.8, 4) is 11.5 Å². The first-order valence-electron chi connectivity index (χ1n) is 10.1. The summed E-state index contributed by atoms with van der Waals surface area (Å²) in [5, 5.41) is 20.5. The zero-order valence-corrected chi connectivity index (χ0v) is 22.6. The van der Waals surface area contributed by atoms with Gasteiger partial charge in [-0.15, -0.1) is 0 Å². The highest BCUT2D eigenvalue weighted by Gasteiger charge is 2.54. The largest absolute Gasteiger partial charge is 0.508 e. The molecule has 2 N–H and O–H groups in total. The number of benzene rings is 2. The van der Waals surface area contributed by atoms with Crippen molar-refractivity contribution >= 4 is 34.2 Å². The Hall–Kier alpha value is -1.25. The SMILES string of the molecule is C[Si]1(C)O[Si](C)(Cc2ccccc2O)O[Si](C)(C)O[Si](C)(Cc2ccccc2O)O1. The van der Waals surface area contributed by atoms with Gasteiger partial charge in [-0.3, -0.25) is 0 Å². The molecule has 0 radical (unpaired) electrons. The van der Waals surface area contributed by atoms with Gasteiger partial charge in [0, 0.05) is 12.1 Å². The minimum Gasteiger partial charge on any atom is -0.508 e. The van der Waals surface area contributed by atoms with E-state index < -0.39 is 34.2 Å². The van der Waals surface area contributed by atoms with Crippen LogP contribution < -0.4 is 0 Å². The summed E-state index contributed by atoms with van der Waals surface area (Å²) in [6.07, 6.45) is 0. The van der Waals surface area contributed by atoms with Crippen LogP contribution in [-0.2, 0) is 28.5 Å². The van der Waals surface area contributed by atoms with Gasteiger partial charge in [-0.25, -0.2) is 0 Å². The number of aromatic hydroxyl groups is 2. The minimum atomic E-state index is -2.74. The molecule has 2 aromatic rings. The highest BCUT2D eigenvalue weighted by Crippen LogP contribution is 2.35. The lowest BCUT2D eigenvalue weighted by atomic mass is 10.2. The number of hydrogen-bond acceptors (Lipinski definition) is 6. The Balaban J connectivity index is 1.90. The summed E-state index contributed by atoms with van der Waals surface area (Å²) in [5.74, 6) is 0.500. The van der Waals surface area contributed by atoms with Crippen LogP contribution in [0.4, 0.5) is 0 Å². The predicted octanol–water partition coefficient (Wildman–Crippen LogP) is 4.59. The fourth-order valence-electron chi connectivity index (χ4n) is 4.32. The van der Waals surface area contributed by atoms with Crippen molar-refractivity contribution < 1.29 is 26.7 Å². The molecule has 1 aliphatic rings. The number of rotatable bonds is 4. The maximum absolute atomic E-state index is 10.3. The van der Waals surface area contributed by atoms with Gasteiger partial charge < -0.3 is 26.7 Å². The fourth-order valence-corrected chi connectivity index (χ4v) is 26.3. The molecular weight excluding hydrogens is 449 g/mol. The first-order chi connectivity index (χ1) is 13.8. The number of phenolic OH excluding ortho intramolecular Hbond substituents is 2. The molecule has 3 rings (SSSR count). The van der Waals surface area contributed by atoms with Crippen molar-refractivity contribution in [1.29, 1.82) is 0 Å². The van der Waals surface area contributed by atoms with Crippen molar-refractivity contribution in [2.75, 3.05) is 0 Å². The van der Waals surface area contributed by atoms with E-state index >= 15 is 0 Å². The third-order valence-corrected chi connectivity index (χ3v) is 21.7. The number of para-hydroxylation sites is 2. The van der Waals surface area contributed by atoms with Crippen LogP contribution in [0.2, 0.25) is 39.3 Å². The van der Waals surface area contributed by atoms with Gasteiger partial charge in [0.05, 0.1) is 0 Å². The first kappa shape index (κ1) is 23.4. The molecular formula is C20H32O6Si4. The van der Waals surface area contributed by atoms with E-state index in [9.17, 15) is 10.2 Å². The van der Waals surface area contributed by atoms with Crippen LogP contribution in [-0.4, -0.2) is 44.5 Å². The zero-order valence-electron chi connectivity index (χ0n) is 18.6. The van der Waals surface area contributed by atoms with Gasteiger partial charge in [0.15, 0.2) is 0 Å². The smallest absolute Gasteiger partial charge is 0.322 e. The number of hydrogen-bond donors (Lipinski definition) is 2. The van der Waals surface area contributed by atoms with E-state index in [4.69, 9.17) is 16.5 Å². The Kier molecular flexibility index (Phi) is 6.52. The van der Waals surface area contributed by atoms with Crippen LogP contribution in [0.25, 0.3) is 0 Å². The summed E-state index contributed by atoms with van der Waals surface area (Å²) in [7, 11) is -10.7. The predicted molar refractivity (Wildman–Crippen MR) is 126 cm³/mol. The topological polar surface area (TPSA) is 77.4 Å². The molecule has 0 aliphatic carbocycles. The second-order valence-corrected chi connectivity index (χ2v) is 23.2. The summed E-state index contributed by atoms with van der Waals surface area (Å²) in [6.45, 7) is 12.1. The lowest BCUT2D eigenvalue weighted by Gasteiger charge is -2.48. The van der Waals surface area contributed by atoms with Gasteiger partial charge in [0.2, 0.25) is 0 Å². The molecule has 30 heavy (non-hydrogen) atoms. The summed E-state index contributed by atoms with van der Waals surface area (Å²) in [6, 6.07) is 15.7. The summed E-state index contributed by atoms with van der Waals surface area (Å²) in [5.41, 5.74) is 1.63. The normalized spacial score (nSPS) is 28.5. The summed E-state index contributed by atoms with van der Waals surface area (Å²) in [4.78, 5) is 0. The summed E-state index contributed by atoms with van der Waals surface area (Å²) < 4.78 is 26.7. The summed E-state index contributed by atoms with van der Waals surface area (Å²) >= 11 is 0. The van der Waals surface area contributed by atoms with Gasteiger partial charge in [0.25, 0.3) is 0 Å². The van der Waals surface area contributed by atoms with Crippen molar-refractivity contribution in [1.82, 2.24) is 0 Å². The van der Waals surface area contributed by atoms with Crippen molar-refractivity contribution in [3.05, 3.63) is 59.7 Å². The van der Waals surface area contributed by atoms with Crippen molar-refractivity contribution in [2.45, 2.75) is 51.4 Å². The minimum absolute atomic E-state index is 0.250. The zero-order chi connectivity index (χ0) is 22.2. The molecule has 0 atom stereocenters. The molecule has 0 unspecified atom stereocenters. The second kappa shape index (κ2) is 8.35. The number of phenols is 2. The van der Waals surface area contributed by atoms with E-state index in [1.54, 1.807) is 12.1 Å². The molecule has 0 bridgehead atoms. The molecule has 1 saturated heterocycles. The van der Waals surface area contributed by atoms with Crippen LogP contribution in [0.15, 0.2) is 48.5 Å². The van der Waals surface area contributed by atoms with Crippen LogP contribution in [0.3, 0.4) is 0 Å². The van der Waals surface area contributed by atoms with Crippen LogP contribution >= 0.6 is 0 Å². The quantitative estimate of drug-likeness (QED) is 0.623. The molecule has 0 spiro atoms. The third-order valence-electron chi connectivity index (χ3n) is 4.85. The Labute approximate surface area is 183 Å². The maximum atomic E-state index is 10.3. The lowest BCUT2D eigenvalue weighted by molar-refractivity contribution is 0.229. The monoisotopic (exact) mass is 480 g/mol. The molecule has 10 heteroatoms. The standard InChI is InChI=1S/C20H32O6Si4/c1-27(2)23-29(5,15-17-11-7-9-13-19(17)21)25-28(3,4)26-30(6,24-27)16-18-12-8-10-14-20(18)22/h7-14,21-22H,15-16H2,1-6H3. The van der Waals surface area contributed by atoms with Crippen molar-refractivity contribution in [2.24, 2.45) is 0 Å². The van der Waals surface area contributed by atoms with Gasteiger partial charge in [-0.2, -0.15) is 0 Å². The first-order valence-corrected chi connectivity index (χ1v) is 20.8. The van der Waals surface area contributed by atoms with Crippen LogP contribution in [0.1, 0.15) is 11.1 Å². The Bertz CT molecular complexity index is 815. The molecule has 0 amide bonds. The van der Waals surface area contributed by atoms with E-state index in [0.29, 0.717) is 12.1 Å². The Morgan fingerprint density at radius 3 is 1.17 bits per heavy atom. The Morgan fingerprint density at radius 2 is 0.867 bits per heavy atom. The third kappa shape index (κ3) is 5.92. The van der Waals surface area contributed by atoms with E-state index in [2.05, 4.69) is 0 Å². The average Bonchev–Trinajstić information content (AvgIpc) is 2.55. The average molecular weight is 481 g/mol. The molecule has 2 aromatic carbocycles. The van der Waals surface area contributed by atoms with Gasteiger partial charge in [-0.05, 0) is 62.5 Å². The van der Waals surface area contributed by atoms with E-state index in [1.807, 2.05) is 75.7 Å².